The molecule has 142 valence electrons. The predicted octanol–water partition coefficient (Wildman–Crippen LogP) is 4.00. The van der Waals surface area contributed by atoms with E-state index in [4.69, 9.17) is 4.74 Å². The van der Waals surface area contributed by atoms with Crippen LogP contribution in [-0.2, 0) is 9.59 Å². The largest absolute Gasteiger partial charge is 0.492 e. The summed E-state index contributed by atoms with van der Waals surface area (Å²) < 4.78 is 5.56. The first-order chi connectivity index (χ1) is 12.9. The lowest BCUT2D eigenvalue weighted by atomic mass is 10.0. The highest BCUT2D eigenvalue weighted by Crippen LogP contribution is 2.33. The molecule has 0 saturated carbocycles. The number of carbonyl (C=O) groups is 2. The number of anilines is 2. The zero-order chi connectivity index (χ0) is 19.6. The molecule has 0 bridgehead atoms. The van der Waals surface area contributed by atoms with E-state index in [1.54, 1.807) is 4.90 Å². The van der Waals surface area contributed by atoms with Crippen molar-refractivity contribution < 1.29 is 14.3 Å². The first-order valence-corrected chi connectivity index (χ1v) is 9.31. The molecule has 5 heteroatoms. The highest BCUT2D eigenvalue weighted by Gasteiger charge is 2.36. The van der Waals surface area contributed by atoms with Gasteiger partial charge in [-0.2, -0.15) is 0 Å². The van der Waals surface area contributed by atoms with Crippen LogP contribution in [-0.4, -0.2) is 25.0 Å². The van der Waals surface area contributed by atoms with Gasteiger partial charge in [-0.1, -0.05) is 29.8 Å². The monoisotopic (exact) mass is 366 g/mol. The van der Waals surface area contributed by atoms with E-state index in [-0.39, 0.29) is 24.2 Å². The van der Waals surface area contributed by atoms with E-state index in [9.17, 15) is 9.59 Å². The van der Waals surface area contributed by atoms with E-state index in [1.807, 2.05) is 52.0 Å². The maximum Gasteiger partial charge on any atom is 0.229 e. The van der Waals surface area contributed by atoms with Crippen LogP contribution in [0, 0.1) is 26.7 Å². The third kappa shape index (κ3) is 3.97. The van der Waals surface area contributed by atoms with E-state index in [0.29, 0.717) is 24.6 Å². The van der Waals surface area contributed by atoms with Gasteiger partial charge < -0.3 is 15.0 Å². The lowest BCUT2D eigenvalue weighted by Crippen LogP contribution is -2.29. The van der Waals surface area contributed by atoms with Crippen LogP contribution in [0.15, 0.2) is 36.4 Å². The molecule has 0 aliphatic carbocycles. The van der Waals surface area contributed by atoms with Crippen molar-refractivity contribution in [3.63, 3.8) is 0 Å². The smallest absolute Gasteiger partial charge is 0.229 e. The molecule has 1 heterocycles. The van der Waals surface area contributed by atoms with Gasteiger partial charge in [-0.15, -0.1) is 0 Å². The first kappa shape index (κ1) is 19.0. The summed E-state index contributed by atoms with van der Waals surface area (Å²) in [7, 11) is 0. The topological polar surface area (TPSA) is 58.6 Å². The van der Waals surface area contributed by atoms with Gasteiger partial charge in [0.25, 0.3) is 0 Å². The molecule has 0 aromatic heterocycles. The standard InChI is InChI=1S/C22H26N2O3/c1-5-27-19-9-7-6-8-18(19)23-22(26)17-12-20(25)24(13-17)21-15(3)10-14(2)11-16(21)4/h6-11,17H,5,12-13H2,1-4H3,(H,23,26). The molecule has 0 radical (unpaired) electrons. The fraction of sp³-hybridized carbons (Fsp3) is 0.364. The fourth-order valence-electron chi connectivity index (χ4n) is 3.78. The third-order valence-corrected chi connectivity index (χ3v) is 4.85. The summed E-state index contributed by atoms with van der Waals surface area (Å²) in [6, 6.07) is 11.5. The Morgan fingerprint density at radius 3 is 2.52 bits per heavy atom. The number of amides is 2. The summed E-state index contributed by atoms with van der Waals surface area (Å²) in [4.78, 5) is 27.1. The number of nitrogens with zero attached hydrogens (tertiary/aromatic N) is 1. The van der Waals surface area contributed by atoms with Crippen molar-refractivity contribution in [3.05, 3.63) is 53.1 Å². The normalized spacial score (nSPS) is 16.5. The number of hydrogen-bond donors (Lipinski definition) is 1. The molecule has 2 aromatic rings. The minimum atomic E-state index is -0.382. The van der Waals surface area contributed by atoms with Crippen molar-refractivity contribution in [1.82, 2.24) is 0 Å². The quantitative estimate of drug-likeness (QED) is 0.870. The van der Waals surface area contributed by atoms with Crippen molar-refractivity contribution in [1.29, 1.82) is 0 Å². The molecule has 2 aromatic carbocycles. The number of carbonyl (C=O) groups excluding carboxylic acids is 2. The molecule has 1 N–H and O–H groups in total. The molecule has 5 nitrogen and oxygen atoms in total. The lowest BCUT2D eigenvalue weighted by Gasteiger charge is -2.22. The molecule has 1 aliphatic rings. The Morgan fingerprint density at radius 1 is 1.19 bits per heavy atom. The molecule has 1 atom stereocenters. The van der Waals surface area contributed by atoms with Gasteiger partial charge >= 0.3 is 0 Å². The van der Waals surface area contributed by atoms with E-state index >= 15 is 0 Å². The molecule has 1 fully saturated rings. The van der Waals surface area contributed by atoms with Crippen molar-refractivity contribution in [2.45, 2.75) is 34.1 Å². The summed E-state index contributed by atoms with van der Waals surface area (Å²) in [5, 5.41) is 2.93. The van der Waals surface area contributed by atoms with E-state index in [1.165, 1.54) is 5.56 Å². The molecule has 27 heavy (non-hydrogen) atoms. The Labute approximate surface area is 160 Å². The number of aryl methyl sites for hydroxylation is 3. The Kier molecular flexibility index (Phi) is 5.49. The maximum absolute atomic E-state index is 12.8. The molecular weight excluding hydrogens is 340 g/mol. The average Bonchev–Trinajstić information content (AvgIpc) is 2.98. The number of nitrogens with one attached hydrogen (secondary N) is 1. The first-order valence-electron chi connectivity index (χ1n) is 9.31. The Bertz CT molecular complexity index is 853. The number of para-hydroxylation sites is 2. The van der Waals surface area contributed by atoms with Crippen LogP contribution >= 0.6 is 0 Å². The second-order valence-corrected chi connectivity index (χ2v) is 7.07. The van der Waals surface area contributed by atoms with Crippen molar-refractivity contribution in [2.24, 2.45) is 5.92 Å². The van der Waals surface area contributed by atoms with Gasteiger partial charge in [0.15, 0.2) is 0 Å². The Morgan fingerprint density at radius 2 is 1.85 bits per heavy atom. The minimum absolute atomic E-state index is 0.0108. The Hall–Kier alpha value is -2.82. The van der Waals surface area contributed by atoms with Crippen molar-refractivity contribution >= 4 is 23.2 Å². The number of benzene rings is 2. The van der Waals surface area contributed by atoms with Crippen LogP contribution in [0.3, 0.4) is 0 Å². The number of hydrogen-bond acceptors (Lipinski definition) is 3. The van der Waals surface area contributed by atoms with Gasteiger partial charge in [0, 0.05) is 18.7 Å². The molecule has 1 aliphatic heterocycles. The fourth-order valence-corrected chi connectivity index (χ4v) is 3.78. The third-order valence-electron chi connectivity index (χ3n) is 4.85. The van der Waals surface area contributed by atoms with E-state index in [0.717, 1.165) is 16.8 Å². The molecule has 2 amide bonds. The van der Waals surface area contributed by atoms with Gasteiger partial charge in [-0.25, -0.2) is 0 Å². The van der Waals surface area contributed by atoms with Crippen LogP contribution in [0.2, 0.25) is 0 Å². The highest BCUT2D eigenvalue weighted by molar-refractivity contribution is 6.04. The van der Waals surface area contributed by atoms with Gasteiger partial charge in [0.05, 0.1) is 18.2 Å². The van der Waals surface area contributed by atoms with Crippen LogP contribution in [0.25, 0.3) is 0 Å². The van der Waals surface area contributed by atoms with Crippen molar-refractivity contribution in [3.8, 4) is 5.75 Å². The van der Waals surface area contributed by atoms with E-state index in [2.05, 4.69) is 17.4 Å². The predicted molar refractivity (Wildman–Crippen MR) is 107 cm³/mol. The summed E-state index contributed by atoms with van der Waals surface area (Å²) in [6.07, 6.45) is 0.218. The number of ether oxygens (including phenoxy) is 1. The summed E-state index contributed by atoms with van der Waals surface area (Å²) in [5.74, 6) is 0.0933. The summed E-state index contributed by atoms with van der Waals surface area (Å²) in [6.45, 7) is 8.88. The van der Waals surface area contributed by atoms with Crippen LogP contribution in [0.5, 0.6) is 5.75 Å². The lowest BCUT2D eigenvalue weighted by molar-refractivity contribution is -0.122. The highest BCUT2D eigenvalue weighted by atomic mass is 16.5. The van der Waals surface area contributed by atoms with Gasteiger partial charge in [0.1, 0.15) is 5.75 Å². The zero-order valence-electron chi connectivity index (χ0n) is 16.3. The second kappa shape index (κ2) is 7.82. The minimum Gasteiger partial charge on any atom is -0.492 e. The van der Waals surface area contributed by atoms with Crippen LogP contribution in [0.1, 0.15) is 30.0 Å². The molecular formula is C22H26N2O3. The van der Waals surface area contributed by atoms with E-state index < -0.39 is 0 Å². The summed E-state index contributed by atoms with van der Waals surface area (Å²) in [5.41, 5.74) is 4.85. The zero-order valence-corrected chi connectivity index (χ0v) is 16.3. The average molecular weight is 366 g/mol. The van der Waals surface area contributed by atoms with Gasteiger partial charge in [-0.3, -0.25) is 9.59 Å². The van der Waals surface area contributed by atoms with Gasteiger partial charge in [0.2, 0.25) is 11.8 Å². The SMILES string of the molecule is CCOc1ccccc1NC(=O)C1CC(=O)N(c2c(C)cc(C)cc2C)C1. The molecule has 0 spiro atoms. The molecule has 1 saturated heterocycles. The maximum atomic E-state index is 12.8. The van der Waals surface area contributed by atoms with Gasteiger partial charge in [-0.05, 0) is 51.0 Å². The summed E-state index contributed by atoms with van der Waals surface area (Å²) >= 11 is 0. The molecule has 1 unspecified atom stereocenters. The molecule has 3 rings (SSSR count). The van der Waals surface area contributed by atoms with Crippen LogP contribution < -0.4 is 15.0 Å². The van der Waals surface area contributed by atoms with Crippen molar-refractivity contribution in [2.75, 3.05) is 23.4 Å². The Balaban J connectivity index is 1.77. The second-order valence-electron chi connectivity index (χ2n) is 7.07. The van der Waals surface area contributed by atoms with Crippen LogP contribution in [0.4, 0.5) is 11.4 Å². The number of rotatable bonds is 5.